The van der Waals surface area contributed by atoms with Crippen LogP contribution in [0.3, 0.4) is 0 Å². The highest BCUT2D eigenvalue weighted by Gasteiger charge is 2.31. The molecule has 0 bridgehead atoms. The Morgan fingerprint density at radius 2 is 1.92 bits per heavy atom. The van der Waals surface area contributed by atoms with Crippen molar-refractivity contribution in [2.24, 2.45) is 0 Å². The van der Waals surface area contributed by atoms with Crippen LogP contribution in [0.2, 0.25) is 5.02 Å². The van der Waals surface area contributed by atoms with Gasteiger partial charge in [0.2, 0.25) is 0 Å². The Morgan fingerprint density at radius 3 is 2.64 bits per heavy atom. The molecule has 2 N–H and O–H groups in total. The molecular formula is C20H23ClN2O2. The van der Waals surface area contributed by atoms with Gasteiger partial charge in [-0.05, 0) is 43.0 Å². The molecule has 1 aliphatic rings. The molecule has 3 rings (SSSR count). The second kappa shape index (κ2) is 8.37. The molecule has 132 valence electrons. The van der Waals surface area contributed by atoms with Crippen molar-refractivity contribution in [3.05, 3.63) is 70.7 Å². The quantitative estimate of drug-likeness (QED) is 0.802. The second-order valence-electron chi connectivity index (χ2n) is 6.51. The van der Waals surface area contributed by atoms with Gasteiger partial charge in [0.25, 0.3) is 0 Å². The molecule has 1 fully saturated rings. The molecule has 4 nitrogen and oxygen atoms in total. The van der Waals surface area contributed by atoms with E-state index in [4.69, 9.17) is 16.3 Å². The van der Waals surface area contributed by atoms with Crippen LogP contribution in [0.4, 0.5) is 4.79 Å². The highest BCUT2D eigenvalue weighted by Crippen LogP contribution is 2.25. The van der Waals surface area contributed by atoms with Gasteiger partial charge in [0.1, 0.15) is 6.61 Å². The summed E-state index contributed by atoms with van der Waals surface area (Å²) >= 11 is 6.04. The molecule has 0 aliphatic heterocycles. The Morgan fingerprint density at radius 1 is 1.16 bits per heavy atom. The van der Waals surface area contributed by atoms with Crippen molar-refractivity contribution in [3.8, 4) is 0 Å². The molecule has 1 aliphatic carbocycles. The molecule has 0 saturated heterocycles. The molecule has 1 saturated carbocycles. The Balaban J connectivity index is 1.35. The third-order valence-electron chi connectivity index (χ3n) is 4.51. The first-order valence-electron chi connectivity index (χ1n) is 8.59. The lowest BCUT2D eigenvalue weighted by atomic mass is 9.86. The van der Waals surface area contributed by atoms with E-state index in [1.807, 2.05) is 48.5 Å². The van der Waals surface area contributed by atoms with E-state index in [1.54, 1.807) is 0 Å². The molecule has 0 unspecified atom stereocenters. The number of hydrogen-bond acceptors (Lipinski definition) is 3. The third kappa shape index (κ3) is 5.21. The van der Waals surface area contributed by atoms with Crippen LogP contribution in [-0.4, -0.2) is 18.2 Å². The van der Waals surface area contributed by atoms with Gasteiger partial charge in [0.05, 0.1) is 0 Å². The minimum atomic E-state index is -0.352. The number of ether oxygens (including phenoxy) is 1. The SMILES string of the molecule is C[C@@H](NC1CC(NC(=O)OCc2ccccc2)C1)c1cccc(Cl)c1. The van der Waals surface area contributed by atoms with Crippen molar-refractivity contribution in [3.63, 3.8) is 0 Å². The Kier molecular flexibility index (Phi) is 5.95. The molecule has 1 amide bonds. The average molecular weight is 359 g/mol. The molecule has 0 heterocycles. The number of hydrogen-bond donors (Lipinski definition) is 2. The lowest BCUT2D eigenvalue weighted by Gasteiger charge is -2.38. The van der Waals surface area contributed by atoms with Crippen LogP contribution in [0.1, 0.15) is 36.9 Å². The van der Waals surface area contributed by atoms with Gasteiger partial charge >= 0.3 is 6.09 Å². The maximum absolute atomic E-state index is 11.8. The van der Waals surface area contributed by atoms with E-state index < -0.39 is 0 Å². The summed E-state index contributed by atoms with van der Waals surface area (Å²) in [5, 5.41) is 7.24. The number of rotatable bonds is 6. The number of carbonyl (C=O) groups is 1. The minimum absolute atomic E-state index is 0.173. The van der Waals surface area contributed by atoms with Crippen molar-refractivity contribution in [1.82, 2.24) is 10.6 Å². The van der Waals surface area contributed by atoms with Crippen molar-refractivity contribution in [2.75, 3.05) is 0 Å². The van der Waals surface area contributed by atoms with E-state index in [0.717, 1.165) is 23.4 Å². The highest BCUT2D eigenvalue weighted by atomic mass is 35.5. The summed E-state index contributed by atoms with van der Waals surface area (Å²) in [6, 6.07) is 18.4. The van der Waals surface area contributed by atoms with E-state index in [0.29, 0.717) is 12.6 Å². The fourth-order valence-electron chi connectivity index (χ4n) is 3.03. The average Bonchev–Trinajstić information content (AvgIpc) is 2.59. The van der Waals surface area contributed by atoms with E-state index in [-0.39, 0.29) is 18.2 Å². The van der Waals surface area contributed by atoms with Crippen LogP contribution in [-0.2, 0) is 11.3 Å². The normalized spacial score (nSPS) is 20.4. The molecule has 1 atom stereocenters. The number of amides is 1. The first kappa shape index (κ1) is 17.8. The molecule has 0 radical (unpaired) electrons. The van der Waals surface area contributed by atoms with Crippen molar-refractivity contribution < 1.29 is 9.53 Å². The summed E-state index contributed by atoms with van der Waals surface area (Å²) in [6.07, 6.45) is 1.46. The largest absolute Gasteiger partial charge is 0.445 e. The Hall–Kier alpha value is -2.04. The number of nitrogens with one attached hydrogen (secondary N) is 2. The second-order valence-corrected chi connectivity index (χ2v) is 6.95. The molecule has 5 heteroatoms. The van der Waals surface area contributed by atoms with E-state index >= 15 is 0 Å². The summed E-state index contributed by atoms with van der Waals surface area (Å²) in [6.45, 7) is 2.42. The number of carbonyl (C=O) groups excluding carboxylic acids is 1. The minimum Gasteiger partial charge on any atom is -0.445 e. The van der Waals surface area contributed by atoms with Crippen molar-refractivity contribution >= 4 is 17.7 Å². The lowest BCUT2D eigenvalue weighted by Crippen LogP contribution is -2.52. The maximum atomic E-state index is 11.8. The van der Waals surface area contributed by atoms with Gasteiger partial charge in [0, 0.05) is 23.1 Å². The van der Waals surface area contributed by atoms with Gasteiger partial charge in [-0.15, -0.1) is 0 Å². The topological polar surface area (TPSA) is 50.4 Å². The molecular weight excluding hydrogens is 336 g/mol. The van der Waals surface area contributed by atoms with Crippen molar-refractivity contribution in [1.29, 1.82) is 0 Å². The van der Waals surface area contributed by atoms with Gasteiger partial charge in [0.15, 0.2) is 0 Å². The van der Waals surface area contributed by atoms with E-state index in [9.17, 15) is 4.79 Å². The molecule has 0 spiro atoms. The van der Waals surface area contributed by atoms with E-state index in [1.165, 1.54) is 5.56 Å². The smallest absolute Gasteiger partial charge is 0.407 e. The zero-order valence-electron chi connectivity index (χ0n) is 14.2. The fourth-order valence-corrected chi connectivity index (χ4v) is 3.23. The summed E-state index contributed by atoms with van der Waals surface area (Å²) < 4.78 is 5.25. The van der Waals surface area contributed by atoms with Crippen LogP contribution < -0.4 is 10.6 Å². The van der Waals surface area contributed by atoms with Gasteiger partial charge in [-0.2, -0.15) is 0 Å². The summed E-state index contributed by atoms with van der Waals surface area (Å²) in [7, 11) is 0. The van der Waals surface area contributed by atoms with Crippen LogP contribution in [0.5, 0.6) is 0 Å². The molecule has 2 aromatic rings. The number of halogens is 1. The summed E-state index contributed by atoms with van der Waals surface area (Å²) in [5.74, 6) is 0. The molecule has 25 heavy (non-hydrogen) atoms. The summed E-state index contributed by atoms with van der Waals surface area (Å²) in [4.78, 5) is 11.8. The fraction of sp³-hybridized carbons (Fsp3) is 0.350. The highest BCUT2D eigenvalue weighted by molar-refractivity contribution is 6.30. The predicted molar refractivity (Wildman–Crippen MR) is 99.6 cm³/mol. The van der Waals surface area contributed by atoms with Gasteiger partial charge in [-0.3, -0.25) is 0 Å². The standard InChI is InChI=1S/C20H23ClN2O2/c1-14(16-8-5-9-17(21)10-16)22-18-11-19(12-18)23-20(24)25-13-15-6-3-2-4-7-15/h2-10,14,18-19,22H,11-13H2,1H3,(H,23,24)/t14-,18?,19?/m1/s1. The van der Waals surface area contributed by atoms with E-state index in [2.05, 4.69) is 23.6 Å². The van der Waals surface area contributed by atoms with Crippen LogP contribution in [0, 0.1) is 0 Å². The van der Waals surface area contributed by atoms with Gasteiger partial charge in [-0.25, -0.2) is 4.79 Å². The first-order valence-corrected chi connectivity index (χ1v) is 8.96. The zero-order chi connectivity index (χ0) is 17.6. The van der Waals surface area contributed by atoms with Crippen molar-refractivity contribution in [2.45, 2.75) is 44.5 Å². The molecule has 2 aromatic carbocycles. The number of alkyl carbamates (subject to hydrolysis) is 1. The van der Waals surface area contributed by atoms with Crippen LogP contribution in [0.15, 0.2) is 54.6 Å². The first-order chi connectivity index (χ1) is 12.1. The summed E-state index contributed by atoms with van der Waals surface area (Å²) in [5.41, 5.74) is 2.16. The zero-order valence-corrected chi connectivity index (χ0v) is 15.0. The maximum Gasteiger partial charge on any atom is 0.407 e. The van der Waals surface area contributed by atoms with Gasteiger partial charge in [-0.1, -0.05) is 54.1 Å². The lowest BCUT2D eigenvalue weighted by molar-refractivity contribution is 0.124. The van der Waals surface area contributed by atoms with Crippen LogP contribution >= 0.6 is 11.6 Å². The van der Waals surface area contributed by atoms with Gasteiger partial charge < -0.3 is 15.4 Å². The third-order valence-corrected chi connectivity index (χ3v) is 4.74. The Bertz CT molecular complexity index is 702. The van der Waals surface area contributed by atoms with Crippen LogP contribution in [0.25, 0.3) is 0 Å². The predicted octanol–water partition coefficient (Wildman–Crippen LogP) is 4.45. The monoisotopic (exact) mass is 358 g/mol. The number of benzene rings is 2. The Labute approximate surface area is 153 Å². The molecule has 0 aromatic heterocycles.